The Kier molecular flexibility index (Phi) is 3.57. The quantitative estimate of drug-likeness (QED) is 0.885. The van der Waals surface area contributed by atoms with Crippen LogP contribution in [0.15, 0.2) is 6.33 Å². The number of aromatic nitrogens is 2. The van der Waals surface area contributed by atoms with E-state index in [9.17, 15) is 0 Å². The molecule has 0 radical (unpaired) electrons. The van der Waals surface area contributed by atoms with Crippen molar-refractivity contribution >= 4 is 11.6 Å². The lowest BCUT2D eigenvalue weighted by atomic mass is 9.71. The summed E-state index contributed by atoms with van der Waals surface area (Å²) in [5.41, 5.74) is 6.24. The first-order chi connectivity index (χ1) is 11.2. The molecule has 0 unspecified atom stereocenters. The molecule has 0 bridgehead atoms. The summed E-state index contributed by atoms with van der Waals surface area (Å²) >= 11 is 0. The maximum absolute atomic E-state index is 5.91. The Labute approximate surface area is 136 Å². The Morgan fingerprint density at radius 1 is 1.13 bits per heavy atom. The van der Waals surface area contributed by atoms with Crippen LogP contribution in [0.25, 0.3) is 0 Å². The van der Waals surface area contributed by atoms with Crippen molar-refractivity contribution in [1.29, 1.82) is 0 Å². The van der Waals surface area contributed by atoms with Gasteiger partial charge >= 0.3 is 0 Å². The van der Waals surface area contributed by atoms with Crippen LogP contribution in [-0.2, 0) is 9.47 Å². The molecule has 1 aromatic heterocycles. The van der Waals surface area contributed by atoms with E-state index in [1.165, 1.54) is 6.33 Å². The predicted octanol–water partition coefficient (Wildman–Crippen LogP) is 1.58. The molecule has 126 valence electrons. The molecule has 7 heteroatoms. The third kappa shape index (κ3) is 2.52. The fourth-order valence-corrected chi connectivity index (χ4v) is 4.27. The Morgan fingerprint density at radius 2 is 1.87 bits per heavy atom. The highest BCUT2D eigenvalue weighted by Gasteiger charge is 2.49. The minimum Gasteiger partial charge on any atom is -0.490 e. The van der Waals surface area contributed by atoms with Crippen molar-refractivity contribution in [2.45, 2.75) is 37.9 Å². The molecule has 2 aliphatic heterocycles. The normalized spacial score (nSPS) is 25.3. The summed E-state index contributed by atoms with van der Waals surface area (Å²) in [6.45, 7) is 3.42. The molecule has 1 aromatic rings. The first-order valence-electron chi connectivity index (χ1n) is 8.33. The highest BCUT2D eigenvalue weighted by atomic mass is 16.7. The number of hydrogen-bond donors (Lipinski definition) is 1. The summed E-state index contributed by atoms with van der Waals surface area (Å²) in [4.78, 5) is 10.7. The third-order valence-corrected chi connectivity index (χ3v) is 5.64. The van der Waals surface area contributed by atoms with Gasteiger partial charge in [0.25, 0.3) is 0 Å². The summed E-state index contributed by atoms with van der Waals surface area (Å²) in [7, 11) is 1.61. The van der Waals surface area contributed by atoms with Crippen LogP contribution in [0.1, 0.15) is 32.1 Å². The molecular formula is C16H24N4O3. The van der Waals surface area contributed by atoms with Crippen LogP contribution in [0.4, 0.5) is 11.6 Å². The van der Waals surface area contributed by atoms with Crippen LogP contribution in [-0.4, -0.2) is 49.2 Å². The second-order valence-corrected chi connectivity index (χ2v) is 6.89. The van der Waals surface area contributed by atoms with E-state index in [0.717, 1.165) is 64.2 Å². The van der Waals surface area contributed by atoms with E-state index in [-0.39, 0.29) is 5.79 Å². The van der Waals surface area contributed by atoms with Crippen molar-refractivity contribution < 1.29 is 14.2 Å². The highest BCUT2D eigenvalue weighted by molar-refractivity contribution is 5.63. The average molecular weight is 320 g/mol. The molecule has 0 amide bonds. The fourth-order valence-electron chi connectivity index (χ4n) is 4.27. The predicted molar refractivity (Wildman–Crippen MR) is 85.4 cm³/mol. The number of nitrogens with two attached hydrogens (primary N) is 1. The molecule has 2 N–H and O–H groups in total. The van der Waals surface area contributed by atoms with Crippen LogP contribution in [0.2, 0.25) is 0 Å². The number of anilines is 2. The number of hydrogen-bond acceptors (Lipinski definition) is 7. The Balaban J connectivity index is 1.49. The topological polar surface area (TPSA) is 82.7 Å². The van der Waals surface area contributed by atoms with Crippen molar-refractivity contribution in [3.63, 3.8) is 0 Å². The van der Waals surface area contributed by atoms with Gasteiger partial charge in [0.2, 0.25) is 5.75 Å². The maximum atomic E-state index is 5.91. The van der Waals surface area contributed by atoms with Gasteiger partial charge in [-0.1, -0.05) is 0 Å². The van der Waals surface area contributed by atoms with Gasteiger partial charge in [0.15, 0.2) is 17.4 Å². The summed E-state index contributed by atoms with van der Waals surface area (Å²) < 4.78 is 17.1. The highest BCUT2D eigenvalue weighted by Crippen LogP contribution is 2.50. The zero-order valence-corrected chi connectivity index (χ0v) is 13.6. The van der Waals surface area contributed by atoms with Gasteiger partial charge in [-0.3, -0.25) is 0 Å². The molecule has 3 heterocycles. The molecule has 23 heavy (non-hydrogen) atoms. The molecule has 0 aromatic carbocycles. The van der Waals surface area contributed by atoms with Gasteiger partial charge in [0, 0.05) is 25.9 Å². The minimum atomic E-state index is -0.296. The van der Waals surface area contributed by atoms with Crippen LogP contribution >= 0.6 is 0 Å². The molecule has 3 fully saturated rings. The monoisotopic (exact) mass is 320 g/mol. The second-order valence-electron chi connectivity index (χ2n) is 6.89. The number of methoxy groups -OCH3 is 1. The minimum absolute atomic E-state index is 0.296. The van der Waals surface area contributed by atoms with Crippen molar-refractivity contribution in [3.8, 4) is 5.75 Å². The van der Waals surface area contributed by atoms with Crippen LogP contribution in [0, 0.1) is 5.41 Å². The van der Waals surface area contributed by atoms with Gasteiger partial charge in [0.1, 0.15) is 6.33 Å². The number of nitrogen functional groups attached to an aromatic ring is 1. The van der Waals surface area contributed by atoms with E-state index in [4.69, 9.17) is 19.9 Å². The standard InChI is InChI=1S/C16H24N4O3/c1-21-12-13(17)18-11-19-14(12)20-7-6-15(10-20)2-4-16(5-3-15)22-8-9-23-16/h11H,2-10H2,1H3,(H2,17,18,19). The average Bonchev–Trinajstić information content (AvgIpc) is 3.18. The van der Waals surface area contributed by atoms with E-state index < -0.39 is 0 Å². The smallest absolute Gasteiger partial charge is 0.204 e. The second kappa shape index (κ2) is 5.49. The molecule has 1 aliphatic carbocycles. The van der Waals surface area contributed by atoms with E-state index in [2.05, 4.69) is 14.9 Å². The van der Waals surface area contributed by atoms with Crippen LogP contribution in [0.5, 0.6) is 5.75 Å². The Hall–Kier alpha value is -1.60. The SMILES string of the molecule is COc1c(N)ncnc1N1CCC2(CCC3(CC2)OCCO3)C1. The molecule has 4 rings (SSSR count). The van der Waals surface area contributed by atoms with Crippen molar-refractivity contribution in [2.24, 2.45) is 5.41 Å². The number of nitrogens with zero attached hydrogens (tertiary/aromatic N) is 3. The molecule has 0 atom stereocenters. The van der Waals surface area contributed by atoms with Crippen LogP contribution < -0.4 is 15.4 Å². The zero-order chi connectivity index (χ0) is 15.9. The van der Waals surface area contributed by atoms with E-state index in [0.29, 0.717) is 17.0 Å². The van der Waals surface area contributed by atoms with Crippen molar-refractivity contribution in [3.05, 3.63) is 6.33 Å². The lowest BCUT2D eigenvalue weighted by Crippen LogP contribution is -2.41. The summed E-state index contributed by atoms with van der Waals surface area (Å²) in [5, 5.41) is 0. The molecule has 2 spiro atoms. The van der Waals surface area contributed by atoms with Crippen LogP contribution in [0.3, 0.4) is 0 Å². The van der Waals surface area contributed by atoms with Gasteiger partial charge in [-0.2, -0.15) is 0 Å². The van der Waals surface area contributed by atoms with Crippen molar-refractivity contribution in [2.75, 3.05) is 44.0 Å². The first-order valence-corrected chi connectivity index (χ1v) is 8.33. The molecule has 2 saturated heterocycles. The fraction of sp³-hybridized carbons (Fsp3) is 0.750. The van der Waals surface area contributed by atoms with Gasteiger partial charge in [-0.05, 0) is 24.7 Å². The summed E-state index contributed by atoms with van der Waals surface area (Å²) in [6.07, 6.45) is 6.91. The third-order valence-electron chi connectivity index (χ3n) is 5.64. The lowest BCUT2D eigenvalue weighted by molar-refractivity contribution is -0.190. The van der Waals surface area contributed by atoms with E-state index >= 15 is 0 Å². The van der Waals surface area contributed by atoms with E-state index in [1.54, 1.807) is 7.11 Å². The Bertz CT molecular complexity index is 579. The molecule has 1 saturated carbocycles. The lowest BCUT2D eigenvalue weighted by Gasteiger charge is -2.41. The number of rotatable bonds is 2. The first kappa shape index (κ1) is 15.0. The largest absolute Gasteiger partial charge is 0.490 e. The van der Waals surface area contributed by atoms with Gasteiger partial charge in [0.05, 0.1) is 20.3 Å². The summed E-state index contributed by atoms with van der Waals surface area (Å²) in [6, 6.07) is 0. The molecule has 3 aliphatic rings. The maximum Gasteiger partial charge on any atom is 0.204 e. The summed E-state index contributed by atoms with van der Waals surface area (Å²) in [5.74, 6) is 1.49. The van der Waals surface area contributed by atoms with E-state index in [1.807, 2.05) is 0 Å². The molecular weight excluding hydrogens is 296 g/mol. The van der Waals surface area contributed by atoms with Gasteiger partial charge < -0.3 is 24.8 Å². The van der Waals surface area contributed by atoms with Crippen molar-refractivity contribution in [1.82, 2.24) is 9.97 Å². The molecule has 7 nitrogen and oxygen atoms in total. The zero-order valence-electron chi connectivity index (χ0n) is 13.6. The van der Waals surface area contributed by atoms with Gasteiger partial charge in [-0.15, -0.1) is 0 Å². The van der Waals surface area contributed by atoms with Gasteiger partial charge in [-0.25, -0.2) is 9.97 Å². The Morgan fingerprint density at radius 3 is 2.57 bits per heavy atom. The number of ether oxygens (including phenoxy) is 3.